The molecule has 0 aliphatic carbocycles. The molecule has 0 amide bonds. The van der Waals surface area contributed by atoms with Crippen LogP contribution in [0, 0.1) is 0 Å². The summed E-state index contributed by atoms with van der Waals surface area (Å²) < 4.78 is 0. The summed E-state index contributed by atoms with van der Waals surface area (Å²) in [6, 6.07) is 6.84. The van der Waals surface area contributed by atoms with Crippen LogP contribution in [0.25, 0.3) is 11.1 Å². The molecule has 5 nitrogen and oxygen atoms in total. The van der Waals surface area contributed by atoms with Crippen LogP contribution in [0.1, 0.15) is 16.2 Å². The number of nitrogens with zero attached hydrogens (tertiary/aromatic N) is 3. The molecule has 2 rings (SSSR count). The molecule has 1 aromatic heterocycles. The number of hydrogen-bond acceptors (Lipinski definition) is 4. The number of aromatic carboxylic acids is 1. The van der Waals surface area contributed by atoms with E-state index in [-0.39, 0.29) is 5.56 Å². The van der Waals surface area contributed by atoms with Gasteiger partial charge in [-0.1, -0.05) is 18.2 Å². The Hall–Kier alpha value is -2.27. The van der Waals surface area contributed by atoms with Gasteiger partial charge in [-0.3, -0.25) is 0 Å². The largest absolute Gasteiger partial charge is 0.478 e. The number of carboxylic acid groups (broad SMARTS) is 1. The number of carbonyl (C=O) groups is 1. The van der Waals surface area contributed by atoms with Crippen molar-refractivity contribution < 1.29 is 9.90 Å². The van der Waals surface area contributed by atoms with Crippen LogP contribution in [0.2, 0.25) is 0 Å². The van der Waals surface area contributed by atoms with Gasteiger partial charge >= 0.3 is 5.97 Å². The van der Waals surface area contributed by atoms with Gasteiger partial charge in [0, 0.05) is 18.0 Å². The molecular weight excluding hydrogens is 242 g/mol. The van der Waals surface area contributed by atoms with Gasteiger partial charge < -0.3 is 10.0 Å². The van der Waals surface area contributed by atoms with Crippen LogP contribution in [0.4, 0.5) is 0 Å². The summed E-state index contributed by atoms with van der Waals surface area (Å²) in [7, 11) is 3.88. The molecule has 0 unspecified atom stereocenters. The first kappa shape index (κ1) is 13.2. The molecule has 5 heteroatoms. The third-order valence-corrected chi connectivity index (χ3v) is 2.63. The third kappa shape index (κ3) is 3.14. The monoisotopic (exact) mass is 257 g/mol. The average Bonchev–Trinajstić information content (AvgIpc) is 2.39. The van der Waals surface area contributed by atoms with Gasteiger partial charge in [-0.15, -0.1) is 0 Å². The fourth-order valence-corrected chi connectivity index (χ4v) is 1.78. The molecule has 0 saturated carbocycles. The number of carboxylic acids is 1. The van der Waals surface area contributed by atoms with Crippen molar-refractivity contribution in [2.75, 3.05) is 14.1 Å². The van der Waals surface area contributed by atoms with Crippen LogP contribution in [0.15, 0.2) is 36.7 Å². The van der Waals surface area contributed by atoms with Crippen molar-refractivity contribution in [3.8, 4) is 11.1 Å². The van der Waals surface area contributed by atoms with Gasteiger partial charge in [-0.05, 0) is 25.7 Å². The fraction of sp³-hybridized carbons (Fsp3) is 0.214. The van der Waals surface area contributed by atoms with Crippen LogP contribution < -0.4 is 0 Å². The van der Waals surface area contributed by atoms with Gasteiger partial charge in [-0.2, -0.15) is 0 Å². The molecule has 0 spiro atoms. The van der Waals surface area contributed by atoms with E-state index < -0.39 is 5.97 Å². The molecular formula is C14H15N3O2. The second-order valence-corrected chi connectivity index (χ2v) is 4.48. The van der Waals surface area contributed by atoms with E-state index in [0.29, 0.717) is 23.5 Å². The van der Waals surface area contributed by atoms with E-state index in [2.05, 4.69) is 9.97 Å². The summed E-state index contributed by atoms with van der Waals surface area (Å²) in [5.41, 5.74) is 1.60. The first-order valence-electron chi connectivity index (χ1n) is 5.86. The van der Waals surface area contributed by atoms with E-state index >= 15 is 0 Å². The normalized spacial score (nSPS) is 10.7. The van der Waals surface area contributed by atoms with Crippen molar-refractivity contribution in [3.05, 3.63) is 48.0 Å². The van der Waals surface area contributed by atoms with Gasteiger partial charge in [0.1, 0.15) is 5.82 Å². The molecule has 0 radical (unpaired) electrons. The topological polar surface area (TPSA) is 66.3 Å². The molecule has 0 bridgehead atoms. The predicted molar refractivity (Wildman–Crippen MR) is 71.8 cm³/mol. The first-order chi connectivity index (χ1) is 9.08. The fourth-order valence-electron chi connectivity index (χ4n) is 1.78. The Morgan fingerprint density at radius 1 is 1.21 bits per heavy atom. The summed E-state index contributed by atoms with van der Waals surface area (Å²) in [6.07, 6.45) is 3.32. The molecule has 0 aliphatic heterocycles. The van der Waals surface area contributed by atoms with E-state index in [0.717, 1.165) is 0 Å². The highest BCUT2D eigenvalue weighted by Gasteiger charge is 2.11. The van der Waals surface area contributed by atoms with Crippen LogP contribution in [0.3, 0.4) is 0 Å². The minimum atomic E-state index is -0.951. The second kappa shape index (κ2) is 5.58. The lowest BCUT2D eigenvalue weighted by molar-refractivity contribution is 0.0697. The third-order valence-electron chi connectivity index (χ3n) is 2.63. The highest BCUT2D eigenvalue weighted by atomic mass is 16.4. The van der Waals surface area contributed by atoms with Crippen LogP contribution in [-0.4, -0.2) is 40.0 Å². The Kier molecular flexibility index (Phi) is 3.87. The van der Waals surface area contributed by atoms with E-state index in [1.807, 2.05) is 19.0 Å². The maximum atomic E-state index is 11.2. The lowest BCUT2D eigenvalue weighted by atomic mass is 10.0. The number of rotatable bonds is 4. The molecule has 1 N–H and O–H groups in total. The number of aromatic nitrogens is 2. The van der Waals surface area contributed by atoms with Crippen molar-refractivity contribution in [1.29, 1.82) is 0 Å². The predicted octanol–water partition coefficient (Wildman–Crippen LogP) is 1.90. The van der Waals surface area contributed by atoms with Gasteiger partial charge in [0.2, 0.25) is 0 Å². The summed E-state index contributed by atoms with van der Waals surface area (Å²) in [5, 5.41) is 9.15. The molecule has 19 heavy (non-hydrogen) atoms. The SMILES string of the molecule is CN(C)Cc1ncc(-c2ccccc2C(=O)O)cn1. The van der Waals surface area contributed by atoms with Crippen molar-refractivity contribution in [2.24, 2.45) is 0 Å². The number of benzene rings is 1. The molecule has 2 aromatic rings. The number of hydrogen-bond donors (Lipinski definition) is 1. The van der Waals surface area contributed by atoms with E-state index in [4.69, 9.17) is 5.11 Å². The van der Waals surface area contributed by atoms with Crippen molar-refractivity contribution >= 4 is 5.97 Å². The molecule has 98 valence electrons. The Morgan fingerprint density at radius 2 is 1.84 bits per heavy atom. The lowest BCUT2D eigenvalue weighted by Gasteiger charge is -2.09. The molecule has 1 aromatic carbocycles. The zero-order valence-corrected chi connectivity index (χ0v) is 10.9. The second-order valence-electron chi connectivity index (χ2n) is 4.48. The Labute approximate surface area is 111 Å². The minimum absolute atomic E-state index is 0.256. The Balaban J connectivity index is 2.35. The van der Waals surface area contributed by atoms with E-state index in [1.54, 1.807) is 36.7 Å². The van der Waals surface area contributed by atoms with Crippen molar-refractivity contribution in [2.45, 2.75) is 6.54 Å². The van der Waals surface area contributed by atoms with Gasteiger partial charge in [0.05, 0.1) is 12.1 Å². The summed E-state index contributed by atoms with van der Waals surface area (Å²) in [4.78, 5) is 21.6. The van der Waals surface area contributed by atoms with Crippen molar-refractivity contribution in [3.63, 3.8) is 0 Å². The zero-order valence-electron chi connectivity index (χ0n) is 10.9. The standard InChI is InChI=1S/C14H15N3O2/c1-17(2)9-13-15-7-10(8-16-13)11-5-3-4-6-12(11)14(18)19/h3-8H,9H2,1-2H3,(H,18,19). The summed E-state index contributed by atoms with van der Waals surface area (Å²) in [5.74, 6) is -0.241. The zero-order chi connectivity index (χ0) is 13.8. The quantitative estimate of drug-likeness (QED) is 0.906. The van der Waals surface area contributed by atoms with Gasteiger partial charge in [0.15, 0.2) is 0 Å². The van der Waals surface area contributed by atoms with Gasteiger partial charge in [0.25, 0.3) is 0 Å². The molecule has 0 aliphatic rings. The summed E-state index contributed by atoms with van der Waals surface area (Å²) in [6.45, 7) is 0.654. The van der Waals surface area contributed by atoms with Crippen LogP contribution in [0.5, 0.6) is 0 Å². The lowest BCUT2D eigenvalue weighted by Crippen LogP contribution is -2.13. The molecule has 0 atom stereocenters. The first-order valence-corrected chi connectivity index (χ1v) is 5.86. The molecule has 1 heterocycles. The van der Waals surface area contributed by atoms with Crippen molar-refractivity contribution in [1.82, 2.24) is 14.9 Å². The maximum Gasteiger partial charge on any atom is 0.336 e. The Bertz CT molecular complexity index is 579. The highest BCUT2D eigenvalue weighted by molar-refractivity contribution is 5.95. The Morgan fingerprint density at radius 3 is 2.42 bits per heavy atom. The van der Waals surface area contributed by atoms with E-state index in [9.17, 15) is 4.79 Å². The molecule has 0 fully saturated rings. The maximum absolute atomic E-state index is 11.2. The van der Waals surface area contributed by atoms with E-state index in [1.165, 1.54) is 0 Å². The summed E-state index contributed by atoms with van der Waals surface area (Å²) >= 11 is 0. The highest BCUT2D eigenvalue weighted by Crippen LogP contribution is 2.22. The van der Waals surface area contributed by atoms with Gasteiger partial charge in [-0.25, -0.2) is 14.8 Å². The molecule has 0 saturated heterocycles. The van der Waals surface area contributed by atoms with Crippen LogP contribution in [-0.2, 0) is 6.54 Å². The minimum Gasteiger partial charge on any atom is -0.478 e. The smallest absolute Gasteiger partial charge is 0.336 e. The average molecular weight is 257 g/mol. The van der Waals surface area contributed by atoms with Crippen LogP contribution >= 0.6 is 0 Å².